The van der Waals surface area contributed by atoms with Crippen LogP contribution in [-0.2, 0) is 6.54 Å². The highest BCUT2D eigenvalue weighted by Crippen LogP contribution is 2.20. The van der Waals surface area contributed by atoms with Crippen molar-refractivity contribution in [2.75, 3.05) is 13.2 Å². The third-order valence-corrected chi connectivity index (χ3v) is 3.22. The lowest BCUT2D eigenvalue weighted by molar-refractivity contribution is 0.153. The normalized spacial score (nSPS) is 22.1. The summed E-state index contributed by atoms with van der Waals surface area (Å²) in [6.45, 7) is 2.24. The molecule has 15 heavy (non-hydrogen) atoms. The van der Waals surface area contributed by atoms with Gasteiger partial charge in [-0.25, -0.2) is 0 Å². The minimum Gasteiger partial charge on any atom is -0.395 e. The van der Waals surface area contributed by atoms with Gasteiger partial charge < -0.3 is 5.11 Å². The van der Waals surface area contributed by atoms with Crippen LogP contribution in [0.4, 0.5) is 0 Å². The summed E-state index contributed by atoms with van der Waals surface area (Å²) in [5, 5.41) is 9.99. The van der Waals surface area contributed by atoms with Crippen LogP contribution >= 0.6 is 11.6 Å². The second kappa shape index (κ2) is 4.97. The fourth-order valence-corrected chi connectivity index (χ4v) is 2.39. The van der Waals surface area contributed by atoms with Crippen LogP contribution in [0.2, 0.25) is 5.02 Å². The molecule has 0 spiro atoms. The Morgan fingerprint density at radius 2 is 2.33 bits per heavy atom. The summed E-state index contributed by atoms with van der Waals surface area (Å²) in [5.41, 5.74) is 1.22. The summed E-state index contributed by atoms with van der Waals surface area (Å²) in [6.07, 6.45) is 2.29. The molecule has 1 saturated heterocycles. The molecule has 1 aliphatic heterocycles. The molecule has 0 aliphatic carbocycles. The molecular formula is C12H16ClNO. The van der Waals surface area contributed by atoms with Crippen LogP contribution in [-0.4, -0.2) is 29.2 Å². The van der Waals surface area contributed by atoms with Crippen LogP contribution in [0.1, 0.15) is 18.4 Å². The molecule has 2 rings (SSSR count). The van der Waals surface area contributed by atoms with Crippen LogP contribution in [0, 0.1) is 0 Å². The van der Waals surface area contributed by atoms with Gasteiger partial charge in [0.2, 0.25) is 0 Å². The Labute approximate surface area is 95.5 Å². The second-order valence-electron chi connectivity index (χ2n) is 4.08. The van der Waals surface area contributed by atoms with Crippen molar-refractivity contribution in [1.29, 1.82) is 0 Å². The summed E-state index contributed by atoms with van der Waals surface area (Å²) in [6, 6.07) is 8.27. The number of aliphatic hydroxyl groups is 1. The van der Waals surface area contributed by atoms with Gasteiger partial charge in [-0.1, -0.05) is 23.7 Å². The van der Waals surface area contributed by atoms with E-state index in [0.29, 0.717) is 6.04 Å². The third-order valence-electron chi connectivity index (χ3n) is 2.98. The zero-order valence-electron chi connectivity index (χ0n) is 8.69. The molecular weight excluding hydrogens is 210 g/mol. The molecule has 1 aliphatic rings. The summed E-state index contributed by atoms with van der Waals surface area (Å²) in [5.74, 6) is 0. The highest BCUT2D eigenvalue weighted by molar-refractivity contribution is 6.30. The number of halogens is 1. The average molecular weight is 226 g/mol. The van der Waals surface area contributed by atoms with E-state index in [0.717, 1.165) is 24.5 Å². The number of rotatable bonds is 3. The maximum absolute atomic E-state index is 9.20. The smallest absolute Gasteiger partial charge is 0.0587 e. The zero-order valence-corrected chi connectivity index (χ0v) is 9.45. The fraction of sp³-hybridized carbons (Fsp3) is 0.500. The molecule has 1 aromatic carbocycles. The molecule has 0 radical (unpaired) electrons. The lowest BCUT2D eigenvalue weighted by Gasteiger charge is -2.22. The molecule has 1 fully saturated rings. The third kappa shape index (κ3) is 2.71. The van der Waals surface area contributed by atoms with Gasteiger partial charge in [0.1, 0.15) is 0 Å². The van der Waals surface area contributed by atoms with E-state index < -0.39 is 0 Å². The maximum Gasteiger partial charge on any atom is 0.0587 e. The Morgan fingerprint density at radius 3 is 3.07 bits per heavy atom. The van der Waals surface area contributed by atoms with E-state index in [1.165, 1.54) is 12.0 Å². The summed E-state index contributed by atoms with van der Waals surface area (Å²) >= 11 is 5.93. The predicted octanol–water partition coefficient (Wildman–Crippen LogP) is 2.30. The Kier molecular flexibility index (Phi) is 3.62. The van der Waals surface area contributed by atoms with Crippen LogP contribution in [0.25, 0.3) is 0 Å². The maximum atomic E-state index is 9.20. The molecule has 0 amide bonds. The topological polar surface area (TPSA) is 23.5 Å². The molecule has 0 saturated carbocycles. The van der Waals surface area contributed by atoms with E-state index in [1.807, 2.05) is 18.2 Å². The SMILES string of the molecule is OC[C@@H]1CCCN1Cc1cccc(Cl)c1. The summed E-state index contributed by atoms with van der Waals surface area (Å²) in [7, 11) is 0. The molecule has 3 heteroatoms. The van der Waals surface area contributed by atoms with Crippen molar-refractivity contribution in [3.05, 3.63) is 34.9 Å². The monoisotopic (exact) mass is 225 g/mol. The van der Waals surface area contributed by atoms with Crippen molar-refractivity contribution in [3.63, 3.8) is 0 Å². The standard InChI is InChI=1S/C12H16ClNO/c13-11-4-1-3-10(7-11)8-14-6-2-5-12(14)9-15/h1,3-4,7,12,15H,2,5-6,8-9H2/t12-/m0/s1. The highest BCUT2D eigenvalue weighted by Gasteiger charge is 2.23. The van der Waals surface area contributed by atoms with Gasteiger partial charge >= 0.3 is 0 Å². The molecule has 0 unspecified atom stereocenters. The first-order chi connectivity index (χ1) is 7.29. The van der Waals surface area contributed by atoms with Gasteiger partial charge in [-0.05, 0) is 37.1 Å². The van der Waals surface area contributed by atoms with Crippen molar-refractivity contribution in [2.45, 2.75) is 25.4 Å². The minimum absolute atomic E-state index is 0.264. The highest BCUT2D eigenvalue weighted by atomic mass is 35.5. The number of hydrogen-bond donors (Lipinski definition) is 1. The van der Waals surface area contributed by atoms with Crippen molar-refractivity contribution >= 4 is 11.6 Å². The number of likely N-dealkylation sites (tertiary alicyclic amines) is 1. The number of aliphatic hydroxyl groups excluding tert-OH is 1. The van der Waals surface area contributed by atoms with E-state index in [2.05, 4.69) is 11.0 Å². The Bertz CT molecular complexity index is 329. The van der Waals surface area contributed by atoms with E-state index >= 15 is 0 Å². The van der Waals surface area contributed by atoms with E-state index in [-0.39, 0.29) is 6.61 Å². The molecule has 82 valence electrons. The van der Waals surface area contributed by atoms with E-state index in [1.54, 1.807) is 0 Å². The number of benzene rings is 1. The quantitative estimate of drug-likeness (QED) is 0.854. The summed E-state index contributed by atoms with van der Waals surface area (Å²) < 4.78 is 0. The van der Waals surface area contributed by atoms with E-state index in [4.69, 9.17) is 11.6 Å². The van der Waals surface area contributed by atoms with Gasteiger partial charge in [0, 0.05) is 17.6 Å². The lowest BCUT2D eigenvalue weighted by Crippen LogP contribution is -2.31. The van der Waals surface area contributed by atoms with Gasteiger partial charge in [0.25, 0.3) is 0 Å². The molecule has 1 N–H and O–H groups in total. The van der Waals surface area contributed by atoms with Crippen molar-refractivity contribution < 1.29 is 5.11 Å². The average Bonchev–Trinajstić information content (AvgIpc) is 2.65. The largest absolute Gasteiger partial charge is 0.395 e. The summed E-state index contributed by atoms with van der Waals surface area (Å²) in [4.78, 5) is 2.33. The first-order valence-electron chi connectivity index (χ1n) is 5.39. The lowest BCUT2D eigenvalue weighted by atomic mass is 10.2. The van der Waals surface area contributed by atoms with Crippen molar-refractivity contribution in [1.82, 2.24) is 4.90 Å². The van der Waals surface area contributed by atoms with E-state index in [9.17, 15) is 5.11 Å². The Morgan fingerprint density at radius 1 is 1.47 bits per heavy atom. The van der Waals surface area contributed by atoms with Crippen molar-refractivity contribution in [2.24, 2.45) is 0 Å². The first kappa shape index (κ1) is 10.9. The fourth-order valence-electron chi connectivity index (χ4n) is 2.18. The zero-order chi connectivity index (χ0) is 10.7. The van der Waals surface area contributed by atoms with Crippen LogP contribution in [0.5, 0.6) is 0 Å². The van der Waals surface area contributed by atoms with Gasteiger partial charge in [-0.2, -0.15) is 0 Å². The number of hydrogen-bond acceptors (Lipinski definition) is 2. The molecule has 1 atom stereocenters. The van der Waals surface area contributed by atoms with Crippen LogP contribution in [0.15, 0.2) is 24.3 Å². The first-order valence-corrected chi connectivity index (χ1v) is 5.77. The minimum atomic E-state index is 0.264. The van der Waals surface area contributed by atoms with Crippen LogP contribution in [0.3, 0.4) is 0 Å². The Hall–Kier alpha value is -0.570. The van der Waals surface area contributed by atoms with Crippen LogP contribution < -0.4 is 0 Å². The van der Waals surface area contributed by atoms with Gasteiger partial charge in [0.05, 0.1) is 6.61 Å². The second-order valence-corrected chi connectivity index (χ2v) is 4.52. The molecule has 0 aromatic heterocycles. The van der Waals surface area contributed by atoms with Gasteiger partial charge in [-0.15, -0.1) is 0 Å². The van der Waals surface area contributed by atoms with Gasteiger partial charge in [-0.3, -0.25) is 4.90 Å². The number of nitrogens with zero attached hydrogens (tertiary/aromatic N) is 1. The van der Waals surface area contributed by atoms with Crippen molar-refractivity contribution in [3.8, 4) is 0 Å². The molecule has 1 heterocycles. The molecule has 0 bridgehead atoms. The molecule has 2 nitrogen and oxygen atoms in total. The predicted molar refractivity (Wildman–Crippen MR) is 62.0 cm³/mol. The Balaban J connectivity index is 2.02. The molecule has 1 aromatic rings. The van der Waals surface area contributed by atoms with Gasteiger partial charge in [0.15, 0.2) is 0 Å².